The van der Waals surface area contributed by atoms with Crippen LogP contribution in [0.15, 0.2) is 83.0 Å². The van der Waals surface area contributed by atoms with Crippen molar-refractivity contribution in [1.29, 1.82) is 0 Å². The lowest BCUT2D eigenvalue weighted by atomic mass is 10.1. The smallest absolute Gasteiger partial charge is 0.337 e. The summed E-state index contributed by atoms with van der Waals surface area (Å²) < 4.78 is 5.46. The molecule has 0 bridgehead atoms. The summed E-state index contributed by atoms with van der Waals surface area (Å²) in [5.41, 5.74) is 0.821. The maximum absolute atomic E-state index is 13.1. The first kappa shape index (κ1) is 24.3. The fourth-order valence-electron chi connectivity index (χ4n) is 2.89. The van der Waals surface area contributed by atoms with Crippen LogP contribution in [0.3, 0.4) is 0 Å². The monoisotopic (exact) mass is 523 g/mol. The highest BCUT2D eigenvalue weighted by atomic mass is 79.9. The molecule has 0 atom stereocenters. The van der Waals surface area contributed by atoms with Gasteiger partial charge in [0.2, 0.25) is 0 Å². The number of carbonyl (C=O) groups excluding carboxylic acids is 3. The molecule has 9 nitrogen and oxygen atoms in total. The summed E-state index contributed by atoms with van der Waals surface area (Å²) in [6.45, 7) is 0. The summed E-state index contributed by atoms with van der Waals surface area (Å²) in [6, 6.07) is 18.2. The van der Waals surface area contributed by atoms with Crippen LogP contribution in [-0.4, -0.2) is 29.8 Å². The Kier molecular flexibility index (Phi) is 7.88. The Morgan fingerprint density at radius 2 is 1.68 bits per heavy atom. The van der Waals surface area contributed by atoms with Gasteiger partial charge in [-0.2, -0.15) is 0 Å². The fourth-order valence-corrected chi connectivity index (χ4v) is 3.15. The number of anilines is 1. The van der Waals surface area contributed by atoms with Gasteiger partial charge in [0.15, 0.2) is 0 Å². The Morgan fingerprint density at radius 1 is 0.971 bits per heavy atom. The van der Waals surface area contributed by atoms with E-state index in [1.54, 1.807) is 42.5 Å². The van der Waals surface area contributed by atoms with E-state index in [1.165, 1.54) is 43.5 Å². The number of ether oxygens (including phenoxy) is 1. The Labute approximate surface area is 202 Å². The predicted octanol–water partition coefficient (Wildman–Crippen LogP) is 4.55. The molecule has 3 rings (SSSR count). The topological polar surface area (TPSA) is 128 Å². The third-order valence-corrected chi connectivity index (χ3v) is 5.06. The number of carbonyl (C=O) groups is 3. The number of hydrogen-bond donors (Lipinski definition) is 2. The summed E-state index contributed by atoms with van der Waals surface area (Å²) in [6.07, 6.45) is 1.32. The van der Waals surface area contributed by atoms with E-state index in [0.29, 0.717) is 11.1 Å². The van der Waals surface area contributed by atoms with Gasteiger partial charge in [-0.3, -0.25) is 19.7 Å². The lowest BCUT2D eigenvalue weighted by Gasteiger charge is -2.12. The van der Waals surface area contributed by atoms with E-state index < -0.39 is 22.7 Å². The van der Waals surface area contributed by atoms with Crippen LogP contribution in [0, 0.1) is 10.1 Å². The van der Waals surface area contributed by atoms with E-state index in [9.17, 15) is 24.5 Å². The number of nitrogens with one attached hydrogen (secondary N) is 2. The molecule has 0 unspecified atom stereocenters. The van der Waals surface area contributed by atoms with Gasteiger partial charge in [-0.1, -0.05) is 34.1 Å². The summed E-state index contributed by atoms with van der Waals surface area (Å²) >= 11 is 3.29. The second kappa shape index (κ2) is 11.0. The molecule has 3 aromatic rings. The normalized spacial score (nSPS) is 10.8. The minimum atomic E-state index is -0.695. The highest BCUT2D eigenvalue weighted by Gasteiger charge is 2.17. The number of benzene rings is 3. The SMILES string of the molecule is COC(=O)c1cccc(NC(=O)C(=Cc2cccc([N+](=O)[O-])c2)NC(=O)c2ccc(Br)cc2)c1. The zero-order chi connectivity index (χ0) is 24.7. The van der Waals surface area contributed by atoms with Gasteiger partial charge in [0.1, 0.15) is 5.70 Å². The first-order chi connectivity index (χ1) is 16.3. The van der Waals surface area contributed by atoms with E-state index in [0.717, 1.165) is 4.47 Å². The van der Waals surface area contributed by atoms with Crippen LogP contribution in [0.5, 0.6) is 0 Å². The van der Waals surface area contributed by atoms with Crippen molar-refractivity contribution in [3.05, 3.63) is 110 Å². The van der Waals surface area contributed by atoms with E-state index in [4.69, 9.17) is 0 Å². The molecule has 2 N–H and O–H groups in total. The van der Waals surface area contributed by atoms with Crippen molar-refractivity contribution in [2.45, 2.75) is 0 Å². The van der Waals surface area contributed by atoms with Gasteiger partial charge in [-0.15, -0.1) is 0 Å². The lowest BCUT2D eigenvalue weighted by Crippen LogP contribution is -2.30. The van der Waals surface area contributed by atoms with Crippen LogP contribution in [0.1, 0.15) is 26.3 Å². The Bertz CT molecular complexity index is 1290. The molecule has 0 aliphatic carbocycles. The van der Waals surface area contributed by atoms with E-state index >= 15 is 0 Å². The van der Waals surface area contributed by atoms with Gasteiger partial charge in [0, 0.05) is 27.9 Å². The first-order valence-electron chi connectivity index (χ1n) is 9.79. The largest absolute Gasteiger partial charge is 0.465 e. The molecule has 34 heavy (non-hydrogen) atoms. The van der Waals surface area contributed by atoms with Gasteiger partial charge in [0.05, 0.1) is 17.6 Å². The third-order valence-electron chi connectivity index (χ3n) is 4.53. The van der Waals surface area contributed by atoms with Crippen LogP contribution in [0.2, 0.25) is 0 Å². The number of esters is 1. The molecule has 0 saturated heterocycles. The minimum Gasteiger partial charge on any atom is -0.465 e. The summed E-state index contributed by atoms with van der Waals surface area (Å²) in [4.78, 5) is 48.1. The lowest BCUT2D eigenvalue weighted by molar-refractivity contribution is -0.384. The standard InChI is InChI=1S/C24H18BrN3O6/c1-34-24(31)17-5-3-6-19(14-17)26-23(30)21(13-15-4-2-7-20(12-15)28(32)33)27-22(29)16-8-10-18(25)11-9-16/h2-14H,1H3,(H,26,30)(H,27,29). The second-order valence-corrected chi connectivity index (χ2v) is 7.81. The van der Waals surface area contributed by atoms with Crippen LogP contribution in [-0.2, 0) is 9.53 Å². The average Bonchev–Trinajstić information content (AvgIpc) is 2.83. The van der Waals surface area contributed by atoms with Crippen molar-refractivity contribution >= 4 is 51.2 Å². The van der Waals surface area contributed by atoms with Crippen LogP contribution in [0.4, 0.5) is 11.4 Å². The summed E-state index contributed by atoms with van der Waals surface area (Å²) in [5, 5.41) is 16.3. The molecule has 0 aliphatic rings. The van der Waals surface area contributed by atoms with Crippen LogP contribution in [0.25, 0.3) is 6.08 Å². The second-order valence-electron chi connectivity index (χ2n) is 6.90. The molecule has 0 saturated carbocycles. The molecule has 3 aromatic carbocycles. The number of halogens is 1. The summed E-state index contributed by atoms with van der Waals surface area (Å²) in [5.74, 6) is -1.83. The number of hydrogen-bond acceptors (Lipinski definition) is 6. The van der Waals surface area contributed by atoms with Gasteiger partial charge in [-0.05, 0) is 54.1 Å². The van der Waals surface area contributed by atoms with Crippen molar-refractivity contribution < 1.29 is 24.0 Å². The Morgan fingerprint density at radius 3 is 2.35 bits per heavy atom. The molecule has 172 valence electrons. The zero-order valence-corrected chi connectivity index (χ0v) is 19.4. The average molecular weight is 524 g/mol. The maximum atomic E-state index is 13.1. The van der Waals surface area contributed by atoms with Crippen molar-refractivity contribution in [3.8, 4) is 0 Å². The highest BCUT2D eigenvalue weighted by Crippen LogP contribution is 2.18. The van der Waals surface area contributed by atoms with E-state index in [2.05, 4.69) is 31.3 Å². The quantitative estimate of drug-likeness (QED) is 0.202. The minimum absolute atomic E-state index is 0.156. The van der Waals surface area contributed by atoms with Crippen molar-refractivity contribution in [1.82, 2.24) is 5.32 Å². The number of rotatable bonds is 7. The number of amides is 2. The number of nitrogens with zero attached hydrogens (tertiary/aromatic N) is 1. The van der Waals surface area contributed by atoms with E-state index in [1.807, 2.05) is 0 Å². The number of nitro groups is 1. The molecule has 0 heterocycles. The van der Waals surface area contributed by atoms with Crippen molar-refractivity contribution in [2.24, 2.45) is 0 Å². The molecule has 0 aromatic heterocycles. The molecule has 2 amide bonds. The molecule has 0 spiro atoms. The van der Waals surface area contributed by atoms with Gasteiger partial charge < -0.3 is 15.4 Å². The molecule has 0 aliphatic heterocycles. The van der Waals surface area contributed by atoms with Crippen molar-refractivity contribution in [2.75, 3.05) is 12.4 Å². The molecule has 0 radical (unpaired) electrons. The number of non-ortho nitro benzene ring substituents is 1. The fraction of sp³-hybridized carbons (Fsp3) is 0.0417. The number of methoxy groups -OCH3 is 1. The Hall–Kier alpha value is -4.31. The molecule has 10 heteroatoms. The zero-order valence-electron chi connectivity index (χ0n) is 17.8. The molecular formula is C24H18BrN3O6. The van der Waals surface area contributed by atoms with Gasteiger partial charge >= 0.3 is 5.97 Å². The highest BCUT2D eigenvalue weighted by molar-refractivity contribution is 9.10. The maximum Gasteiger partial charge on any atom is 0.337 e. The number of nitro benzene ring substituents is 1. The Balaban J connectivity index is 1.93. The first-order valence-corrected chi connectivity index (χ1v) is 10.6. The summed E-state index contributed by atoms with van der Waals surface area (Å²) in [7, 11) is 1.24. The molecule has 0 fully saturated rings. The van der Waals surface area contributed by atoms with Crippen molar-refractivity contribution in [3.63, 3.8) is 0 Å². The molecular weight excluding hydrogens is 506 g/mol. The third kappa shape index (κ3) is 6.36. The predicted molar refractivity (Wildman–Crippen MR) is 129 cm³/mol. The van der Waals surface area contributed by atoms with Crippen LogP contribution >= 0.6 is 15.9 Å². The van der Waals surface area contributed by atoms with Gasteiger partial charge in [0.25, 0.3) is 17.5 Å². The van der Waals surface area contributed by atoms with E-state index in [-0.39, 0.29) is 22.6 Å². The van der Waals surface area contributed by atoms with Crippen LogP contribution < -0.4 is 10.6 Å². The van der Waals surface area contributed by atoms with Gasteiger partial charge in [-0.25, -0.2) is 4.79 Å².